The van der Waals surface area contributed by atoms with Crippen LogP contribution in [0.5, 0.6) is 0 Å². The smallest absolute Gasteiger partial charge is 0.0616 e. The van der Waals surface area contributed by atoms with Gasteiger partial charge in [-0.15, -0.1) is 0 Å². The first-order valence-corrected chi connectivity index (χ1v) is 14.9. The first-order valence-electron chi connectivity index (χ1n) is 16.9. The molecule has 0 heterocycles. The van der Waals surface area contributed by atoms with Crippen LogP contribution in [0.2, 0.25) is 0 Å². The molecule has 0 N–H and O–H groups in total. The average molecular weight is 551 g/mol. The van der Waals surface area contributed by atoms with Crippen LogP contribution >= 0.6 is 0 Å². The molecule has 0 aromatic heterocycles. The fraction of sp³-hybridized carbons (Fsp3) is 0.0698. The fourth-order valence-corrected chi connectivity index (χ4v) is 7.33. The standard InChI is InChI=1S/C43H30/c1-43(2)39-24-21-29-10-4-7-13-34(29)42(39)37-23-20-31(26-40(37)43)27-15-17-30(18-16-27)41-35-14-8-5-11-32(35)25-38-33-12-6-3-9-28(33)19-22-36(38)41/h3-26H,1-2H3/i15D,16D,17D,18D. The van der Waals surface area contributed by atoms with Crippen LogP contribution in [0.4, 0.5) is 0 Å². The molecule has 0 spiro atoms. The van der Waals surface area contributed by atoms with Crippen LogP contribution in [-0.4, -0.2) is 0 Å². The number of fused-ring (bicyclic) bond motifs is 9. The third-order valence-corrected chi connectivity index (χ3v) is 9.50. The van der Waals surface area contributed by atoms with Crippen molar-refractivity contribution in [2.45, 2.75) is 19.3 Å². The zero-order valence-electron chi connectivity index (χ0n) is 28.0. The monoisotopic (exact) mass is 550 g/mol. The topological polar surface area (TPSA) is 0 Å². The van der Waals surface area contributed by atoms with Gasteiger partial charge in [0.1, 0.15) is 0 Å². The summed E-state index contributed by atoms with van der Waals surface area (Å²) in [7, 11) is 0. The van der Waals surface area contributed by atoms with Gasteiger partial charge in [0.25, 0.3) is 0 Å². The van der Waals surface area contributed by atoms with E-state index in [1.807, 2.05) is 36.4 Å². The van der Waals surface area contributed by atoms with Crippen LogP contribution in [0.1, 0.15) is 30.5 Å². The summed E-state index contributed by atoms with van der Waals surface area (Å²) >= 11 is 0. The van der Waals surface area contributed by atoms with Crippen LogP contribution in [0.3, 0.4) is 0 Å². The highest BCUT2D eigenvalue weighted by atomic mass is 14.4. The first kappa shape index (κ1) is 20.6. The Kier molecular flexibility index (Phi) is 4.27. The second-order valence-electron chi connectivity index (χ2n) is 12.2. The van der Waals surface area contributed by atoms with Crippen LogP contribution in [0.25, 0.3) is 76.5 Å². The molecule has 8 aromatic rings. The summed E-state index contributed by atoms with van der Waals surface area (Å²) in [4.78, 5) is 0. The minimum absolute atomic E-state index is 0.0263. The van der Waals surface area contributed by atoms with Gasteiger partial charge in [0.15, 0.2) is 0 Å². The van der Waals surface area contributed by atoms with Crippen molar-refractivity contribution in [1.29, 1.82) is 0 Å². The Morgan fingerprint density at radius 1 is 0.419 bits per heavy atom. The third kappa shape index (κ3) is 3.50. The van der Waals surface area contributed by atoms with Crippen molar-refractivity contribution in [3.8, 4) is 33.4 Å². The van der Waals surface area contributed by atoms with Gasteiger partial charge >= 0.3 is 0 Å². The molecule has 0 nitrogen and oxygen atoms in total. The minimum Gasteiger partial charge on any atom is -0.0616 e. The molecule has 0 amide bonds. The number of rotatable bonds is 2. The van der Waals surface area contributed by atoms with Gasteiger partial charge in [0.05, 0.1) is 5.48 Å². The Morgan fingerprint density at radius 3 is 1.79 bits per heavy atom. The van der Waals surface area contributed by atoms with Crippen LogP contribution in [0, 0.1) is 0 Å². The normalized spacial score (nSPS) is 14.8. The Hall–Kier alpha value is -5.20. The summed E-state index contributed by atoms with van der Waals surface area (Å²) in [5, 5.41) is 8.49. The van der Waals surface area contributed by atoms with E-state index in [4.69, 9.17) is 0 Å². The summed E-state index contributed by atoms with van der Waals surface area (Å²) in [6.45, 7) is 4.45. The van der Waals surface area contributed by atoms with Gasteiger partial charge in [0, 0.05) is 5.41 Å². The molecular weight excluding hydrogens is 516 g/mol. The van der Waals surface area contributed by atoms with E-state index < -0.39 is 0 Å². The van der Waals surface area contributed by atoms with E-state index in [1.165, 1.54) is 21.9 Å². The second-order valence-corrected chi connectivity index (χ2v) is 12.2. The maximum absolute atomic E-state index is 9.41. The Bertz CT molecular complexity index is 2620. The molecule has 1 aliphatic rings. The van der Waals surface area contributed by atoms with E-state index in [9.17, 15) is 5.48 Å². The quantitative estimate of drug-likeness (QED) is 0.148. The van der Waals surface area contributed by atoms with Gasteiger partial charge in [-0.25, -0.2) is 0 Å². The van der Waals surface area contributed by atoms with Gasteiger partial charge in [0.2, 0.25) is 0 Å². The third-order valence-electron chi connectivity index (χ3n) is 9.50. The number of hydrogen-bond donors (Lipinski definition) is 0. The minimum atomic E-state index is -0.284. The van der Waals surface area contributed by atoms with Gasteiger partial charge in [-0.3, -0.25) is 0 Å². The zero-order valence-corrected chi connectivity index (χ0v) is 24.0. The van der Waals surface area contributed by atoms with Crippen molar-refractivity contribution >= 4 is 43.1 Å². The first-order chi connectivity index (χ1) is 22.8. The highest BCUT2D eigenvalue weighted by molar-refractivity contribution is 6.20. The van der Waals surface area contributed by atoms with Crippen molar-refractivity contribution in [2.75, 3.05) is 0 Å². The highest BCUT2D eigenvalue weighted by Gasteiger charge is 2.36. The largest absolute Gasteiger partial charge is 0.0629 e. The van der Waals surface area contributed by atoms with Crippen molar-refractivity contribution < 1.29 is 5.48 Å². The molecular formula is C43H30. The SMILES string of the molecule is [2H]c1c([2H])c(-c2c3ccccc3cc3c2ccc2ccccc23)c([2H])c([2H])c1-c1ccc2c(c1)C(C)(C)c1ccc3ccccc3c1-2. The molecule has 8 aromatic carbocycles. The van der Waals surface area contributed by atoms with Gasteiger partial charge in [-0.2, -0.15) is 0 Å². The van der Waals surface area contributed by atoms with Crippen molar-refractivity contribution in [2.24, 2.45) is 0 Å². The van der Waals surface area contributed by atoms with E-state index >= 15 is 0 Å². The molecule has 0 radical (unpaired) electrons. The molecule has 0 bridgehead atoms. The summed E-state index contributed by atoms with van der Waals surface area (Å²) in [6, 6.07) is 41.5. The second kappa shape index (κ2) is 8.90. The van der Waals surface area contributed by atoms with E-state index in [0.717, 1.165) is 49.0 Å². The molecule has 0 atom stereocenters. The Labute approximate surface area is 257 Å². The predicted molar refractivity (Wildman–Crippen MR) is 185 cm³/mol. The van der Waals surface area contributed by atoms with Gasteiger partial charge in [-0.05, 0) is 99.7 Å². The molecule has 0 unspecified atom stereocenters. The van der Waals surface area contributed by atoms with E-state index in [-0.39, 0.29) is 29.6 Å². The highest BCUT2D eigenvalue weighted by Crippen LogP contribution is 2.52. The van der Waals surface area contributed by atoms with Crippen LogP contribution in [0.15, 0.2) is 145 Å². The lowest BCUT2D eigenvalue weighted by Crippen LogP contribution is -2.15. The molecule has 43 heavy (non-hydrogen) atoms. The lowest BCUT2D eigenvalue weighted by molar-refractivity contribution is 0.661. The number of benzene rings is 8. The fourth-order valence-electron chi connectivity index (χ4n) is 7.33. The van der Waals surface area contributed by atoms with Crippen molar-refractivity contribution in [3.05, 3.63) is 157 Å². The van der Waals surface area contributed by atoms with E-state index in [2.05, 4.69) is 98.8 Å². The molecule has 9 rings (SSSR count). The molecule has 202 valence electrons. The maximum Gasteiger partial charge on any atom is 0.0629 e. The summed E-state index contributed by atoms with van der Waals surface area (Å²) < 4.78 is 37.5. The summed E-state index contributed by atoms with van der Waals surface area (Å²) in [5.74, 6) is 0. The van der Waals surface area contributed by atoms with Crippen LogP contribution in [-0.2, 0) is 5.41 Å². The summed E-state index contributed by atoms with van der Waals surface area (Å²) in [6.07, 6.45) is 0. The van der Waals surface area contributed by atoms with E-state index in [0.29, 0.717) is 16.7 Å². The predicted octanol–water partition coefficient (Wildman–Crippen LogP) is 11.9. The average Bonchev–Trinajstić information content (AvgIpc) is 3.33. The zero-order chi connectivity index (χ0) is 32.2. The molecule has 0 heteroatoms. The van der Waals surface area contributed by atoms with Gasteiger partial charge in [-0.1, -0.05) is 147 Å². The van der Waals surface area contributed by atoms with Crippen LogP contribution < -0.4 is 0 Å². The molecule has 0 saturated heterocycles. The maximum atomic E-state index is 9.41. The Balaban J connectivity index is 1.29. The van der Waals surface area contributed by atoms with E-state index in [1.54, 1.807) is 0 Å². The lowest BCUT2D eigenvalue weighted by atomic mass is 9.81. The molecule has 1 aliphatic carbocycles. The van der Waals surface area contributed by atoms with Gasteiger partial charge < -0.3 is 0 Å². The molecule has 0 aliphatic heterocycles. The van der Waals surface area contributed by atoms with Crippen molar-refractivity contribution in [1.82, 2.24) is 0 Å². The van der Waals surface area contributed by atoms with Crippen molar-refractivity contribution in [3.63, 3.8) is 0 Å². The Morgan fingerprint density at radius 2 is 1.02 bits per heavy atom. The lowest BCUT2D eigenvalue weighted by Gasteiger charge is -2.22. The summed E-state index contributed by atoms with van der Waals surface area (Å²) in [5.41, 5.74) is 6.61. The molecule has 0 fully saturated rings. The molecule has 0 saturated carbocycles. The number of hydrogen-bond acceptors (Lipinski definition) is 0.